The number of nitrogens with one attached hydrogen (secondary N) is 1. The molecule has 16 heavy (non-hydrogen) atoms. The van der Waals surface area contributed by atoms with E-state index in [-0.39, 0.29) is 11.9 Å². The van der Waals surface area contributed by atoms with E-state index in [1.807, 2.05) is 20.8 Å². The average Bonchev–Trinajstić information content (AvgIpc) is 2.62. The summed E-state index contributed by atoms with van der Waals surface area (Å²) >= 11 is 0. The van der Waals surface area contributed by atoms with Crippen molar-refractivity contribution in [2.24, 2.45) is 0 Å². The fourth-order valence-corrected chi connectivity index (χ4v) is 1.74. The van der Waals surface area contributed by atoms with Gasteiger partial charge in [-0.2, -0.15) is 0 Å². The largest absolute Gasteiger partial charge is 0.444 e. The first-order valence-corrected chi connectivity index (χ1v) is 5.56. The molecule has 5 nitrogen and oxygen atoms in total. The van der Waals surface area contributed by atoms with Crippen LogP contribution in [0.3, 0.4) is 0 Å². The predicted octanol–water partition coefficient (Wildman–Crippen LogP) is 1.13. The fourth-order valence-electron chi connectivity index (χ4n) is 1.74. The lowest BCUT2D eigenvalue weighted by Crippen LogP contribution is -2.46. The van der Waals surface area contributed by atoms with Crippen molar-refractivity contribution in [3.63, 3.8) is 0 Å². The topological polar surface area (TPSA) is 58.6 Å². The SMILES string of the molecule is CNC(=O)C1CCCN1C(=O)OC(C)(C)C. The monoisotopic (exact) mass is 228 g/mol. The Kier molecular flexibility index (Phi) is 3.78. The molecule has 0 aromatic carbocycles. The highest BCUT2D eigenvalue weighted by Gasteiger charge is 2.35. The zero-order chi connectivity index (χ0) is 12.3. The maximum absolute atomic E-state index is 11.8. The lowest BCUT2D eigenvalue weighted by atomic mass is 10.2. The van der Waals surface area contributed by atoms with Crippen LogP contribution in [0.1, 0.15) is 33.6 Å². The third kappa shape index (κ3) is 3.12. The molecule has 5 heteroatoms. The summed E-state index contributed by atoms with van der Waals surface area (Å²) in [5.41, 5.74) is -0.521. The third-order valence-corrected chi connectivity index (χ3v) is 2.43. The van der Waals surface area contributed by atoms with E-state index in [9.17, 15) is 9.59 Å². The summed E-state index contributed by atoms with van der Waals surface area (Å²) in [5, 5.41) is 2.57. The minimum absolute atomic E-state index is 0.122. The number of hydrogen-bond acceptors (Lipinski definition) is 3. The molecule has 1 fully saturated rings. The summed E-state index contributed by atoms with van der Waals surface area (Å²) in [4.78, 5) is 24.9. The number of likely N-dealkylation sites (N-methyl/N-ethyl adjacent to an activating group) is 1. The molecule has 0 spiro atoms. The number of likely N-dealkylation sites (tertiary alicyclic amines) is 1. The minimum atomic E-state index is -0.521. The van der Waals surface area contributed by atoms with Crippen LogP contribution in [0.5, 0.6) is 0 Å². The van der Waals surface area contributed by atoms with Gasteiger partial charge in [-0.1, -0.05) is 0 Å². The van der Waals surface area contributed by atoms with Crippen LogP contribution in [0.4, 0.5) is 4.79 Å². The number of amides is 2. The second-order valence-corrected chi connectivity index (χ2v) is 4.95. The lowest BCUT2D eigenvalue weighted by molar-refractivity contribution is -0.124. The quantitative estimate of drug-likeness (QED) is 0.732. The number of nitrogens with zero attached hydrogens (tertiary/aromatic N) is 1. The van der Waals surface area contributed by atoms with Crippen LogP contribution in [0, 0.1) is 0 Å². The zero-order valence-corrected chi connectivity index (χ0v) is 10.4. The van der Waals surface area contributed by atoms with Gasteiger partial charge in [0.2, 0.25) is 5.91 Å². The molecule has 1 aliphatic heterocycles. The minimum Gasteiger partial charge on any atom is -0.444 e. The predicted molar refractivity (Wildman–Crippen MR) is 60.0 cm³/mol. The average molecular weight is 228 g/mol. The van der Waals surface area contributed by atoms with E-state index >= 15 is 0 Å². The molecule has 0 radical (unpaired) electrons. The van der Waals surface area contributed by atoms with Crippen LogP contribution in [-0.4, -0.2) is 42.1 Å². The molecule has 0 aliphatic carbocycles. The molecular formula is C11H20N2O3. The van der Waals surface area contributed by atoms with Crippen molar-refractivity contribution in [1.82, 2.24) is 10.2 Å². The third-order valence-electron chi connectivity index (χ3n) is 2.43. The van der Waals surface area contributed by atoms with Crippen molar-refractivity contribution in [2.75, 3.05) is 13.6 Å². The highest BCUT2D eigenvalue weighted by molar-refractivity contribution is 5.86. The molecule has 1 heterocycles. The van der Waals surface area contributed by atoms with Crippen molar-refractivity contribution >= 4 is 12.0 Å². The van der Waals surface area contributed by atoms with Crippen LogP contribution in [0.15, 0.2) is 0 Å². The van der Waals surface area contributed by atoms with Crippen molar-refractivity contribution in [3.8, 4) is 0 Å². The molecular weight excluding hydrogens is 208 g/mol. The Bertz CT molecular complexity index is 283. The molecule has 1 saturated heterocycles. The van der Waals surface area contributed by atoms with Gasteiger partial charge in [0.15, 0.2) is 0 Å². The number of hydrogen-bond donors (Lipinski definition) is 1. The van der Waals surface area contributed by atoms with Gasteiger partial charge in [0.05, 0.1) is 0 Å². The Morgan fingerprint density at radius 3 is 2.50 bits per heavy atom. The summed E-state index contributed by atoms with van der Waals surface area (Å²) in [5.74, 6) is -0.122. The lowest BCUT2D eigenvalue weighted by Gasteiger charge is -2.27. The van der Waals surface area contributed by atoms with Crippen molar-refractivity contribution in [3.05, 3.63) is 0 Å². The summed E-state index contributed by atoms with van der Waals surface area (Å²) in [7, 11) is 1.58. The van der Waals surface area contributed by atoms with Gasteiger partial charge in [-0.3, -0.25) is 9.69 Å². The van der Waals surface area contributed by atoms with E-state index in [0.29, 0.717) is 13.0 Å². The van der Waals surface area contributed by atoms with Crippen LogP contribution >= 0.6 is 0 Å². The second-order valence-electron chi connectivity index (χ2n) is 4.95. The van der Waals surface area contributed by atoms with Gasteiger partial charge in [-0.05, 0) is 33.6 Å². The van der Waals surface area contributed by atoms with Crippen molar-refractivity contribution < 1.29 is 14.3 Å². The fraction of sp³-hybridized carbons (Fsp3) is 0.818. The molecule has 1 atom stereocenters. The molecule has 1 unspecified atom stereocenters. The molecule has 1 aliphatic rings. The summed E-state index contributed by atoms with van der Waals surface area (Å²) in [6.45, 7) is 6.04. The van der Waals surface area contributed by atoms with E-state index in [1.165, 1.54) is 4.90 Å². The Morgan fingerprint density at radius 2 is 2.00 bits per heavy atom. The summed E-state index contributed by atoms with van der Waals surface area (Å²) < 4.78 is 5.25. The Hall–Kier alpha value is -1.26. The smallest absolute Gasteiger partial charge is 0.410 e. The molecule has 0 aromatic rings. The van der Waals surface area contributed by atoms with Gasteiger partial charge in [-0.25, -0.2) is 4.79 Å². The normalized spacial score (nSPS) is 20.8. The Balaban J connectivity index is 2.65. The van der Waals surface area contributed by atoms with Gasteiger partial charge in [0, 0.05) is 13.6 Å². The van der Waals surface area contributed by atoms with Gasteiger partial charge < -0.3 is 10.1 Å². The van der Waals surface area contributed by atoms with Gasteiger partial charge in [-0.15, -0.1) is 0 Å². The molecule has 0 saturated carbocycles. The van der Waals surface area contributed by atoms with Crippen molar-refractivity contribution in [1.29, 1.82) is 0 Å². The van der Waals surface area contributed by atoms with Crippen LogP contribution in [-0.2, 0) is 9.53 Å². The van der Waals surface area contributed by atoms with Gasteiger partial charge in [0.1, 0.15) is 11.6 Å². The highest BCUT2D eigenvalue weighted by Crippen LogP contribution is 2.20. The molecule has 1 N–H and O–H groups in total. The molecule has 0 aromatic heterocycles. The standard InChI is InChI=1S/C11H20N2O3/c1-11(2,3)16-10(15)13-7-5-6-8(13)9(14)12-4/h8H,5-7H2,1-4H3,(H,12,14). The van der Waals surface area contributed by atoms with Crippen LogP contribution in [0.2, 0.25) is 0 Å². The first kappa shape index (κ1) is 12.8. The van der Waals surface area contributed by atoms with E-state index in [4.69, 9.17) is 4.74 Å². The zero-order valence-electron chi connectivity index (χ0n) is 10.4. The molecule has 92 valence electrons. The summed E-state index contributed by atoms with van der Waals surface area (Å²) in [6.07, 6.45) is 1.15. The van der Waals surface area contributed by atoms with E-state index < -0.39 is 11.7 Å². The van der Waals surface area contributed by atoms with Crippen LogP contribution in [0.25, 0.3) is 0 Å². The maximum atomic E-state index is 11.8. The number of ether oxygens (including phenoxy) is 1. The summed E-state index contributed by atoms with van der Waals surface area (Å²) in [6, 6.07) is -0.375. The van der Waals surface area contributed by atoms with Crippen molar-refractivity contribution in [2.45, 2.75) is 45.3 Å². The van der Waals surface area contributed by atoms with Gasteiger partial charge >= 0.3 is 6.09 Å². The Labute approximate surface area is 96.1 Å². The number of rotatable bonds is 1. The van der Waals surface area contributed by atoms with E-state index in [0.717, 1.165) is 6.42 Å². The number of carbonyl (C=O) groups is 2. The van der Waals surface area contributed by atoms with Crippen LogP contribution < -0.4 is 5.32 Å². The first-order chi connectivity index (χ1) is 7.35. The molecule has 0 bridgehead atoms. The van der Waals surface area contributed by atoms with E-state index in [1.54, 1.807) is 7.05 Å². The second kappa shape index (κ2) is 4.72. The number of carbonyl (C=O) groups excluding carboxylic acids is 2. The van der Waals surface area contributed by atoms with E-state index in [2.05, 4.69) is 5.32 Å². The molecule has 1 rings (SSSR count). The highest BCUT2D eigenvalue weighted by atomic mass is 16.6. The first-order valence-electron chi connectivity index (χ1n) is 5.56. The maximum Gasteiger partial charge on any atom is 0.410 e. The Morgan fingerprint density at radius 1 is 1.38 bits per heavy atom. The van der Waals surface area contributed by atoms with Gasteiger partial charge in [0.25, 0.3) is 0 Å². The molecule has 2 amide bonds.